The molecule has 19 atom stereocenters. The SMILES string of the molecule is COC(=O)[C@@]1(C)CC[C@]2(C(=O)O)CC[C@]3(C)C(=CC[C@@H]4[C@@]5(C)CC[C@H](O[C@@H]6O[C@H](CO)[C@@H](O)[C@H](O)[C@H]6O[C@@H]6O[C@H](CO)[C@@H](O)[C@H](O)[C@H]6O)C(C)(C)[C@@H]5CC[C@]43C)[C@@H]2C1. The Bertz CT molecular complexity index is 1600. The molecule has 0 bridgehead atoms. The lowest BCUT2D eigenvalue weighted by Gasteiger charge is -2.71. The molecule has 0 unspecified atom stereocenters. The number of fused-ring (bicyclic) bond motifs is 7. The number of aliphatic hydroxyl groups excluding tert-OH is 7. The van der Waals surface area contributed by atoms with E-state index in [4.69, 9.17) is 23.7 Å². The van der Waals surface area contributed by atoms with Crippen LogP contribution in [0.4, 0.5) is 0 Å². The van der Waals surface area contributed by atoms with Crippen LogP contribution in [0.5, 0.6) is 0 Å². The summed E-state index contributed by atoms with van der Waals surface area (Å²) in [6, 6.07) is 0. The Balaban J connectivity index is 1.15. The maximum atomic E-state index is 13.2. The second-order valence-electron chi connectivity index (χ2n) is 20.6. The van der Waals surface area contributed by atoms with Gasteiger partial charge in [0.05, 0.1) is 37.3 Å². The molecule has 0 aromatic rings. The third kappa shape index (κ3) is 6.38. The minimum Gasteiger partial charge on any atom is -0.481 e. The third-order valence-electron chi connectivity index (χ3n) is 17.7. The van der Waals surface area contributed by atoms with E-state index in [-0.39, 0.29) is 40.0 Å². The maximum absolute atomic E-state index is 13.2. The molecule has 58 heavy (non-hydrogen) atoms. The first-order valence-corrected chi connectivity index (χ1v) is 21.4. The Kier molecular flexibility index (Phi) is 11.6. The van der Waals surface area contributed by atoms with E-state index >= 15 is 0 Å². The highest BCUT2D eigenvalue weighted by molar-refractivity contribution is 5.80. The van der Waals surface area contributed by atoms with Crippen molar-refractivity contribution >= 4 is 11.9 Å². The number of hydrogen-bond donors (Lipinski definition) is 8. The highest BCUT2D eigenvalue weighted by Crippen LogP contribution is 2.76. The van der Waals surface area contributed by atoms with Gasteiger partial charge in [-0.3, -0.25) is 9.59 Å². The number of methoxy groups -OCH3 is 1. The van der Waals surface area contributed by atoms with Crippen LogP contribution in [0.15, 0.2) is 11.6 Å². The fourth-order valence-electron chi connectivity index (χ4n) is 13.9. The van der Waals surface area contributed by atoms with Crippen molar-refractivity contribution in [3.63, 3.8) is 0 Å². The summed E-state index contributed by atoms with van der Waals surface area (Å²) < 4.78 is 29.6. The lowest BCUT2D eigenvalue weighted by atomic mass is 9.33. The second kappa shape index (κ2) is 15.2. The molecular formula is C43H68O15. The smallest absolute Gasteiger partial charge is 0.311 e. The van der Waals surface area contributed by atoms with E-state index in [0.29, 0.717) is 32.1 Å². The zero-order valence-corrected chi connectivity index (χ0v) is 35.1. The molecule has 7 rings (SSSR count). The number of aliphatic carboxylic acids is 1. The summed E-state index contributed by atoms with van der Waals surface area (Å²) in [4.78, 5) is 26.3. The molecule has 2 saturated heterocycles. The topological polar surface area (TPSA) is 242 Å². The van der Waals surface area contributed by atoms with Gasteiger partial charge in [0, 0.05) is 0 Å². The Morgan fingerprint density at radius 2 is 1.36 bits per heavy atom. The monoisotopic (exact) mass is 824 g/mol. The fourth-order valence-corrected chi connectivity index (χ4v) is 13.9. The molecule has 0 amide bonds. The first-order chi connectivity index (χ1) is 27.1. The molecule has 4 saturated carbocycles. The molecule has 0 aromatic heterocycles. The lowest BCUT2D eigenvalue weighted by molar-refractivity contribution is -0.378. The molecular weight excluding hydrogens is 756 g/mol. The Morgan fingerprint density at radius 3 is 1.98 bits per heavy atom. The first kappa shape index (κ1) is 44.3. The molecule has 330 valence electrons. The molecule has 0 aromatic carbocycles. The molecule has 7 aliphatic rings. The number of esters is 1. The minimum atomic E-state index is -1.77. The van der Waals surface area contributed by atoms with E-state index < -0.39 is 103 Å². The van der Waals surface area contributed by atoms with Crippen molar-refractivity contribution in [2.24, 2.45) is 50.2 Å². The zero-order chi connectivity index (χ0) is 42.5. The molecule has 8 N–H and O–H groups in total. The number of hydrogen-bond acceptors (Lipinski definition) is 14. The molecule has 15 nitrogen and oxygen atoms in total. The molecule has 0 spiro atoms. The standard InChI is InChI=1S/C43H68O15/c1-38(2)25-10-13-42(6)26(9-8-21-22-18-39(3,37(53)54-7)14-16-43(22,36(51)52)17-15-41(21,42)5)40(25,4)12-11-27(38)57-35-33(31(49)29(47)24(20-45)56-35)58-34-32(50)30(48)28(46)23(19-44)55-34/h8,22-35,44-50H,9-20H2,1-7H3,(H,51,52)/t22-,23+,24+,25-,26+,27-,28+,29+,30-,31-,32+,33+,34-,35-,39-,40-,41+,42+,43-/m0/s1. The molecule has 2 heterocycles. The van der Waals surface area contributed by atoms with Gasteiger partial charge in [0.2, 0.25) is 0 Å². The zero-order valence-electron chi connectivity index (χ0n) is 35.1. The van der Waals surface area contributed by atoms with Crippen LogP contribution in [-0.2, 0) is 33.3 Å². The predicted molar refractivity (Wildman–Crippen MR) is 204 cm³/mol. The number of carbonyl (C=O) groups excluding carboxylic acids is 1. The van der Waals surface area contributed by atoms with E-state index in [9.17, 15) is 50.4 Å². The van der Waals surface area contributed by atoms with Gasteiger partial charge in [-0.1, -0.05) is 46.3 Å². The summed E-state index contributed by atoms with van der Waals surface area (Å²) >= 11 is 0. The van der Waals surface area contributed by atoms with Crippen LogP contribution >= 0.6 is 0 Å². The Labute approximate surface area is 341 Å². The van der Waals surface area contributed by atoms with Crippen LogP contribution < -0.4 is 0 Å². The van der Waals surface area contributed by atoms with Gasteiger partial charge >= 0.3 is 11.9 Å². The maximum Gasteiger partial charge on any atom is 0.311 e. The third-order valence-corrected chi connectivity index (χ3v) is 17.7. The average Bonchev–Trinajstić information content (AvgIpc) is 3.18. The van der Waals surface area contributed by atoms with E-state index in [1.54, 1.807) is 0 Å². The summed E-state index contributed by atoms with van der Waals surface area (Å²) in [6.07, 6.45) is -6.69. The molecule has 15 heteroatoms. The number of aliphatic hydroxyl groups is 7. The van der Waals surface area contributed by atoms with E-state index in [1.807, 2.05) is 6.92 Å². The van der Waals surface area contributed by atoms with Gasteiger partial charge in [-0.15, -0.1) is 0 Å². The van der Waals surface area contributed by atoms with Crippen LogP contribution in [0.3, 0.4) is 0 Å². The highest BCUT2D eigenvalue weighted by Gasteiger charge is 2.70. The van der Waals surface area contributed by atoms with E-state index in [0.717, 1.165) is 32.1 Å². The number of allylic oxidation sites excluding steroid dienone is 2. The van der Waals surface area contributed by atoms with Crippen molar-refractivity contribution < 1.29 is 74.1 Å². The van der Waals surface area contributed by atoms with Crippen molar-refractivity contribution in [2.75, 3.05) is 20.3 Å². The number of ether oxygens (including phenoxy) is 5. The van der Waals surface area contributed by atoms with Crippen molar-refractivity contribution in [1.29, 1.82) is 0 Å². The molecule has 6 fully saturated rings. The van der Waals surface area contributed by atoms with Crippen LogP contribution in [0.1, 0.15) is 106 Å². The minimum absolute atomic E-state index is 0.140. The van der Waals surface area contributed by atoms with Gasteiger partial charge in [0.15, 0.2) is 12.6 Å². The Morgan fingerprint density at radius 1 is 0.741 bits per heavy atom. The Hall–Kier alpha value is -1.76. The predicted octanol–water partition coefficient (Wildman–Crippen LogP) is 2.04. The highest BCUT2D eigenvalue weighted by atomic mass is 16.8. The average molecular weight is 825 g/mol. The van der Waals surface area contributed by atoms with Crippen LogP contribution in [0.2, 0.25) is 0 Å². The number of carboxylic acids is 1. The summed E-state index contributed by atoms with van der Waals surface area (Å²) in [7, 11) is 1.40. The molecule has 0 radical (unpaired) electrons. The summed E-state index contributed by atoms with van der Waals surface area (Å²) in [5.74, 6) is -0.880. The van der Waals surface area contributed by atoms with Gasteiger partial charge in [0.1, 0.15) is 48.8 Å². The second-order valence-corrected chi connectivity index (χ2v) is 20.6. The van der Waals surface area contributed by atoms with Crippen LogP contribution in [0.25, 0.3) is 0 Å². The number of carbonyl (C=O) groups is 2. The number of carboxylic acid groups (broad SMARTS) is 1. The van der Waals surface area contributed by atoms with Gasteiger partial charge in [-0.05, 0) is 111 Å². The van der Waals surface area contributed by atoms with Gasteiger partial charge in [-0.25, -0.2) is 0 Å². The van der Waals surface area contributed by atoms with E-state index in [1.165, 1.54) is 12.7 Å². The number of rotatable bonds is 8. The summed E-state index contributed by atoms with van der Waals surface area (Å²) in [5.41, 5.74) is -1.49. The van der Waals surface area contributed by atoms with E-state index in [2.05, 4.69) is 40.7 Å². The first-order valence-electron chi connectivity index (χ1n) is 21.4. The van der Waals surface area contributed by atoms with Gasteiger partial charge < -0.3 is 64.5 Å². The van der Waals surface area contributed by atoms with Gasteiger partial charge in [-0.2, -0.15) is 0 Å². The van der Waals surface area contributed by atoms with Gasteiger partial charge in [0.25, 0.3) is 0 Å². The molecule has 2 aliphatic heterocycles. The van der Waals surface area contributed by atoms with Crippen LogP contribution in [-0.4, -0.2) is 141 Å². The van der Waals surface area contributed by atoms with Crippen molar-refractivity contribution in [3.8, 4) is 0 Å². The largest absolute Gasteiger partial charge is 0.481 e. The molecule has 5 aliphatic carbocycles. The fraction of sp³-hybridized carbons (Fsp3) is 0.907. The normalized spacial score (nSPS) is 52.6. The van der Waals surface area contributed by atoms with Crippen molar-refractivity contribution in [3.05, 3.63) is 11.6 Å². The lowest BCUT2D eigenvalue weighted by Crippen LogP contribution is -2.67. The van der Waals surface area contributed by atoms with Crippen LogP contribution in [0, 0.1) is 50.2 Å². The van der Waals surface area contributed by atoms with Crippen molar-refractivity contribution in [1.82, 2.24) is 0 Å². The van der Waals surface area contributed by atoms with Crippen molar-refractivity contribution in [2.45, 2.75) is 173 Å². The summed E-state index contributed by atoms with van der Waals surface area (Å²) in [5, 5.41) is 84.3. The summed E-state index contributed by atoms with van der Waals surface area (Å²) in [6.45, 7) is 12.1. The quantitative estimate of drug-likeness (QED) is 0.0993.